The SMILES string of the molecule is CCS(=O)(=O)N1CCC(C(=O)NCC(=O)N[C@@H](CC(C)C)C(=O)O)CC1. The number of aliphatic carboxylic acids is 1. The van der Waals surface area contributed by atoms with Gasteiger partial charge in [-0.2, -0.15) is 0 Å². The zero-order chi connectivity index (χ0) is 19.9. The Labute approximate surface area is 154 Å². The molecule has 0 spiro atoms. The molecule has 0 radical (unpaired) electrons. The first-order valence-electron chi connectivity index (χ1n) is 8.84. The summed E-state index contributed by atoms with van der Waals surface area (Å²) in [4.78, 5) is 35.2. The number of carbonyl (C=O) groups excluding carboxylic acids is 2. The van der Waals surface area contributed by atoms with E-state index in [1.54, 1.807) is 6.92 Å². The second-order valence-electron chi connectivity index (χ2n) is 6.88. The van der Waals surface area contributed by atoms with Crippen molar-refractivity contribution in [2.24, 2.45) is 11.8 Å². The Morgan fingerprint density at radius 3 is 2.23 bits per heavy atom. The van der Waals surface area contributed by atoms with Crippen LogP contribution >= 0.6 is 0 Å². The highest BCUT2D eigenvalue weighted by atomic mass is 32.2. The van der Waals surface area contributed by atoms with E-state index >= 15 is 0 Å². The van der Waals surface area contributed by atoms with Crippen molar-refractivity contribution in [2.45, 2.75) is 46.1 Å². The molecule has 1 atom stereocenters. The predicted molar refractivity (Wildman–Crippen MR) is 95.8 cm³/mol. The molecule has 9 nitrogen and oxygen atoms in total. The number of rotatable bonds is 9. The minimum atomic E-state index is -3.25. The maximum atomic E-state index is 12.2. The second kappa shape index (κ2) is 9.86. The van der Waals surface area contributed by atoms with Crippen LogP contribution in [0, 0.1) is 11.8 Å². The first-order valence-corrected chi connectivity index (χ1v) is 10.5. The number of amides is 2. The molecule has 0 bridgehead atoms. The number of piperidine rings is 1. The lowest BCUT2D eigenvalue weighted by Gasteiger charge is -2.30. The van der Waals surface area contributed by atoms with Crippen LogP contribution in [0.15, 0.2) is 0 Å². The zero-order valence-corrected chi connectivity index (χ0v) is 16.3. The Morgan fingerprint density at radius 2 is 1.77 bits per heavy atom. The first-order chi connectivity index (χ1) is 12.1. The third-order valence-corrected chi connectivity index (χ3v) is 6.23. The number of nitrogens with zero attached hydrogens (tertiary/aromatic N) is 1. The molecular formula is C16H29N3O6S. The molecule has 3 N–H and O–H groups in total. The minimum Gasteiger partial charge on any atom is -0.480 e. The van der Waals surface area contributed by atoms with E-state index in [0.717, 1.165) is 0 Å². The molecule has 150 valence electrons. The summed E-state index contributed by atoms with van der Waals surface area (Å²) >= 11 is 0. The topological polar surface area (TPSA) is 133 Å². The third-order valence-electron chi connectivity index (χ3n) is 4.35. The van der Waals surface area contributed by atoms with Crippen LogP contribution in [0.4, 0.5) is 0 Å². The fourth-order valence-corrected chi connectivity index (χ4v) is 3.96. The van der Waals surface area contributed by atoms with Crippen LogP contribution in [0.1, 0.15) is 40.0 Å². The Balaban J connectivity index is 2.42. The largest absolute Gasteiger partial charge is 0.480 e. The number of nitrogens with one attached hydrogen (secondary N) is 2. The normalized spacial score (nSPS) is 17.7. The van der Waals surface area contributed by atoms with Crippen LogP contribution in [-0.4, -0.2) is 67.0 Å². The van der Waals surface area contributed by atoms with Crippen molar-refractivity contribution < 1.29 is 27.9 Å². The lowest BCUT2D eigenvalue weighted by atomic mass is 9.97. The highest BCUT2D eigenvalue weighted by molar-refractivity contribution is 7.89. The number of hydrogen-bond acceptors (Lipinski definition) is 5. The molecule has 1 heterocycles. The van der Waals surface area contributed by atoms with Crippen LogP contribution in [0.2, 0.25) is 0 Å². The first kappa shape index (κ1) is 22.4. The molecule has 1 aliphatic heterocycles. The van der Waals surface area contributed by atoms with Gasteiger partial charge in [0, 0.05) is 19.0 Å². The van der Waals surface area contributed by atoms with E-state index in [0.29, 0.717) is 19.3 Å². The fraction of sp³-hybridized carbons (Fsp3) is 0.812. The van der Waals surface area contributed by atoms with Gasteiger partial charge in [-0.15, -0.1) is 0 Å². The van der Waals surface area contributed by atoms with Crippen LogP contribution < -0.4 is 10.6 Å². The Bertz CT molecular complexity index is 611. The van der Waals surface area contributed by atoms with Gasteiger partial charge in [-0.1, -0.05) is 13.8 Å². The van der Waals surface area contributed by atoms with Crippen molar-refractivity contribution >= 4 is 27.8 Å². The van der Waals surface area contributed by atoms with E-state index in [1.165, 1.54) is 4.31 Å². The monoisotopic (exact) mass is 391 g/mol. The molecule has 0 aromatic rings. The third kappa shape index (κ3) is 6.91. The number of sulfonamides is 1. The summed E-state index contributed by atoms with van der Waals surface area (Å²) < 4.78 is 25.0. The summed E-state index contributed by atoms with van der Waals surface area (Å²) in [5, 5.41) is 14.0. The number of carbonyl (C=O) groups is 3. The summed E-state index contributed by atoms with van der Waals surface area (Å²) in [6.45, 7) is 5.57. The van der Waals surface area contributed by atoms with Gasteiger partial charge in [-0.25, -0.2) is 17.5 Å². The van der Waals surface area contributed by atoms with Crippen molar-refractivity contribution in [3.63, 3.8) is 0 Å². The number of hydrogen-bond donors (Lipinski definition) is 3. The molecule has 26 heavy (non-hydrogen) atoms. The van der Waals surface area contributed by atoms with E-state index < -0.39 is 27.9 Å². The molecule has 1 saturated heterocycles. The maximum Gasteiger partial charge on any atom is 0.326 e. The number of carboxylic acid groups (broad SMARTS) is 1. The van der Waals surface area contributed by atoms with Gasteiger partial charge in [-0.05, 0) is 32.1 Å². The fourth-order valence-electron chi connectivity index (χ4n) is 2.83. The van der Waals surface area contributed by atoms with Gasteiger partial charge >= 0.3 is 5.97 Å². The minimum absolute atomic E-state index is 0.0329. The van der Waals surface area contributed by atoms with Gasteiger partial charge in [0.1, 0.15) is 6.04 Å². The summed E-state index contributed by atoms with van der Waals surface area (Å²) in [5.41, 5.74) is 0. The van der Waals surface area contributed by atoms with Gasteiger partial charge < -0.3 is 15.7 Å². The lowest BCUT2D eigenvalue weighted by Crippen LogP contribution is -2.48. The van der Waals surface area contributed by atoms with E-state index in [-0.39, 0.29) is 43.1 Å². The lowest BCUT2D eigenvalue weighted by molar-refractivity contribution is -0.142. The molecule has 0 aromatic carbocycles. The van der Waals surface area contributed by atoms with Crippen LogP contribution in [0.5, 0.6) is 0 Å². The molecule has 1 aliphatic rings. The summed E-state index contributed by atoms with van der Waals surface area (Å²) in [6.07, 6.45) is 1.11. The van der Waals surface area contributed by atoms with Crippen LogP contribution in [0.25, 0.3) is 0 Å². The standard InChI is InChI=1S/C16H29N3O6S/c1-4-26(24,25)19-7-5-12(6-8-19)15(21)17-10-14(20)18-13(16(22)23)9-11(2)3/h11-13H,4-10H2,1-3H3,(H,17,21)(H,18,20)(H,22,23)/t13-/m0/s1. The molecule has 0 aromatic heterocycles. The molecule has 1 rings (SSSR count). The highest BCUT2D eigenvalue weighted by Gasteiger charge is 2.30. The van der Waals surface area contributed by atoms with Crippen molar-refractivity contribution in [3.05, 3.63) is 0 Å². The summed E-state index contributed by atoms with van der Waals surface area (Å²) in [6, 6.07) is -0.984. The van der Waals surface area contributed by atoms with Gasteiger partial charge in [0.15, 0.2) is 0 Å². The van der Waals surface area contributed by atoms with Crippen LogP contribution in [-0.2, 0) is 24.4 Å². The molecule has 0 aliphatic carbocycles. The average molecular weight is 391 g/mol. The molecule has 0 saturated carbocycles. The zero-order valence-electron chi connectivity index (χ0n) is 15.5. The van der Waals surface area contributed by atoms with Gasteiger partial charge in [0.2, 0.25) is 21.8 Å². The van der Waals surface area contributed by atoms with E-state index in [4.69, 9.17) is 5.11 Å². The predicted octanol–water partition coefficient (Wildman–Crippen LogP) is -0.220. The Kier molecular flexibility index (Phi) is 8.48. The van der Waals surface area contributed by atoms with Crippen LogP contribution in [0.3, 0.4) is 0 Å². The van der Waals surface area contributed by atoms with E-state index in [9.17, 15) is 22.8 Å². The van der Waals surface area contributed by atoms with Crippen molar-refractivity contribution in [3.8, 4) is 0 Å². The highest BCUT2D eigenvalue weighted by Crippen LogP contribution is 2.19. The smallest absolute Gasteiger partial charge is 0.326 e. The number of carboxylic acids is 1. The molecule has 10 heteroatoms. The maximum absolute atomic E-state index is 12.2. The molecule has 1 fully saturated rings. The van der Waals surface area contributed by atoms with Gasteiger partial charge in [0.25, 0.3) is 0 Å². The van der Waals surface area contributed by atoms with Gasteiger partial charge in [0.05, 0.1) is 12.3 Å². The van der Waals surface area contributed by atoms with Crippen molar-refractivity contribution in [2.75, 3.05) is 25.4 Å². The van der Waals surface area contributed by atoms with E-state index in [2.05, 4.69) is 10.6 Å². The summed E-state index contributed by atoms with van der Waals surface area (Å²) in [5.74, 6) is -2.19. The molecule has 2 amide bonds. The van der Waals surface area contributed by atoms with Crippen molar-refractivity contribution in [1.82, 2.24) is 14.9 Å². The average Bonchev–Trinajstić information content (AvgIpc) is 2.58. The van der Waals surface area contributed by atoms with Gasteiger partial charge in [-0.3, -0.25) is 9.59 Å². The molecule has 0 unspecified atom stereocenters. The quantitative estimate of drug-likeness (QED) is 0.498. The Morgan fingerprint density at radius 1 is 1.19 bits per heavy atom. The Hall–Kier alpha value is -1.68. The second-order valence-corrected chi connectivity index (χ2v) is 9.14. The summed E-state index contributed by atoms with van der Waals surface area (Å²) in [7, 11) is -3.25. The van der Waals surface area contributed by atoms with Crippen molar-refractivity contribution in [1.29, 1.82) is 0 Å². The molecular weight excluding hydrogens is 362 g/mol. The van der Waals surface area contributed by atoms with E-state index in [1.807, 2.05) is 13.8 Å².